The van der Waals surface area contributed by atoms with E-state index in [1.54, 1.807) is 18.2 Å². The lowest BCUT2D eigenvalue weighted by atomic mass is 10.1. The quantitative estimate of drug-likeness (QED) is 0.535. The van der Waals surface area contributed by atoms with Crippen molar-refractivity contribution in [2.75, 3.05) is 7.11 Å². The fourth-order valence-corrected chi connectivity index (χ4v) is 3.01. The van der Waals surface area contributed by atoms with Crippen molar-refractivity contribution >= 4 is 22.7 Å². The number of aryl methyl sites for hydroxylation is 1. The number of carbonyl (C=O) groups excluding carboxylic acids is 2. The molecule has 3 aromatic rings. The average molecular weight is 395 g/mol. The molecule has 2 amide bonds. The number of aromatic nitrogens is 1. The molecule has 0 spiro atoms. The number of para-hydroxylation sites is 1. The van der Waals surface area contributed by atoms with Gasteiger partial charge in [0.25, 0.3) is 5.91 Å². The highest BCUT2D eigenvalue weighted by molar-refractivity contribution is 5.96. The van der Waals surface area contributed by atoms with Crippen LogP contribution in [0.5, 0.6) is 11.5 Å². The molecule has 0 aliphatic rings. The van der Waals surface area contributed by atoms with E-state index in [2.05, 4.69) is 15.8 Å². The van der Waals surface area contributed by atoms with Gasteiger partial charge >= 0.3 is 0 Å². The molecule has 0 saturated carbocycles. The Balaban J connectivity index is 1.54. The molecule has 152 valence electrons. The van der Waals surface area contributed by atoms with E-state index in [0.29, 0.717) is 23.5 Å². The van der Waals surface area contributed by atoms with Crippen LogP contribution < -0.4 is 20.3 Å². The number of amides is 2. The number of hydrogen-bond donors (Lipinski definition) is 3. The second kappa shape index (κ2) is 9.14. The second-order valence-electron chi connectivity index (χ2n) is 6.89. The molecule has 0 aliphatic carbocycles. The molecule has 29 heavy (non-hydrogen) atoms. The van der Waals surface area contributed by atoms with Crippen molar-refractivity contribution in [3.63, 3.8) is 0 Å². The maximum absolute atomic E-state index is 12.3. The molecule has 0 bridgehead atoms. The van der Waals surface area contributed by atoms with Gasteiger partial charge < -0.3 is 14.5 Å². The molecule has 0 atom stereocenters. The van der Waals surface area contributed by atoms with Crippen molar-refractivity contribution in [2.24, 2.45) is 0 Å². The van der Waals surface area contributed by atoms with Gasteiger partial charge in [-0.05, 0) is 50.1 Å². The van der Waals surface area contributed by atoms with Crippen LogP contribution in [-0.4, -0.2) is 30.0 Å². The summed E-state index contributed by atoms with van der Waals surface area (Å²) in [6.07, 6.45) is 2.72. The Morgan fingerprint density at radius 1 is 1.07 bits per heavy atom. The van der Waals surface area contributed by atoms with E-state index in [-0.39, 0.29) is 18.4 Å². The first-order valence-electron chi connectivity index (χ1n) is 9.46. The average Bonchev–Trinajstić information content (AvgIpc) is 3.13. The number of fused-ring (bicyclic) bond motifs is 1. The summed E-state index contributed by atoms with van der Waals surface area (Å²) in [4.78, 5) is 27.6. The Morgan fingerprint density at radius 3 is 2.62 bits per heavy atom. The van der Waals surface area contributed by atoms with Gasteiger partial charge in [-0.25, -0.2) is 0 Å². The van der Waals surface area contributed by atoms with Gasteiger partial charge in [-0.15, -0.1) is 0 Å². The van der Waals surface area contributed by atoms with Gasteiger partial charge in [0, 0.05) is 29.1 Å². The molecule has 1 aromatic heterocycles. The zero-order valence-corrected chi connectivity index (χ0v) is 16.7. The van der Waals surface area contributed by atoms with E-state index >= 15 is 0 Å². The highest BCUT2D eigenvalue weighted by Crippen LogP contribution is 2.28. The summed E-state index contributed by atoms with van der Waals surface area (Å²) in [5.41, 5.74) is 7.35. The molecule has 0 unspecified atom stereocenters. The third-order valence-corrected chi connectivity index (χ3v) is 4.40. The molecule has 0 radical (unpaired) electrons. The molecular formula is C22H25N3O4. The number of benzene rings is 2. The summed E-state index contributed by atoms with van der Waals surface area (Å²) in [5.74, 6) is 0.314. The first-order chi connectivity index (χ1) is 14.0. The van der Waals surface area contributed by atoms with E-state index in [0.717, 1.165) is 16.5 Å². The van der Waals surface area contributed by atoms with Crippen LogP contribution in [0.2, 0.25) is 0 Å². The van der Waals surface area contributed by atoms with Crippen LogP contribution in [0.3, 0.4) is 0 Å². The summed E-state index contributed by atoms with van der Waals surface area (Å²) >= 11 is 0. The van der Waals surface area contributed by atoms with Crippen LogP contribution in [0.25, 0.3) is 10.9 Å². The molecule has 0 aliphatic heterocycles. The Hall–Kier alpha value is -3.48. The number of H-pyrrole nitrogens is 1. The summed E-state index contributed by atoms with van der Waals surface area (Å²) in [7, 11) is 1.51. The van der Waals surface area contributed by atoms with E-state index in [1.807, 2.05) is 44.3 Å². The van der Waals surface area contributed by atoms with Crippen molar-refractivity contribution in [1.29, 1.82) is 0 Å². The lowest BCUT2D eigenvalue weighted by Gasteiger charge is -2.14. The van der Waals surface area contributed by atoms with Crippen molar-refractivity contribution in [1.82, 2.24) is 15.8 Å². The molecule has 7 nitrogen and oxygen atoms in total. The minimum atomic E-state index is -0.431. The Kier molecular flexibility index (Phi) is 6.39. The SMILES string of the molecule is COc1cc(C(=O)NNC(=O)CCc2c[nH]c3ccccc23)ccc1OC(C)C. The van der Waals surface area contributed by atoms with Gasteiger partial charge in [0.2, 0.25) is 5.91 Å². The Bertz CT molecular complexity index is 1010. The molecule has 2 aromatic carbocycles. The van der Waals surface area contributed by atoms with Crippen LogP contribution in [0.1, 0.15) is 36.2 Å². The lowest BCUT2D eigenvalue weighted by molar-refractivity contribution is -0.121. The van der Waals surface area contributed by atoms with Crippen LogP contribution in [-0.2, 0) is 11.2 Å². The topological polar surface area (TPSA) is 92.5 Å². The third-order valence-electron chi connectivity index (χ3n) is 4.40. The summed E-state index contributed by atoms with van der Waals surface area (Å²) in [6, 6.07) is 12.8. The third kappa shape index (κ3) is 5.07. The molecule has 0 fully saturated rings. The van der Waals surface area contributed by atoms with Crippen LogP contribution >= 0.6 is 0 Å². The fourth-order valence-electron chi connectivity index (χ4n) is 3.01. The minimum Gasteiger partial charge on any atom is -0.493 e. The minimum absolute atomic E-state index is 0.0139. The summed E-state index contributed by atoms with van der Waals surface area (Å²) in [5, 5.41) is 1.10. The first-order valence-corrected chi connectivity index (χ1v) is 9.46. The highest BCUT2D eigenvalue weighted by Gasteiger charge is 2.13. The predicted molar refractivity (Wildman–Crippen MR) is 111 cm³/mol. The van der Waals surface area contributed by atoms with E-state index in [1.165, 1.54) is 7.11 Å². The fraction of sp³-hybridized carbons (Fsp3) is 0.273. The summed E-state index contributed by atoms with van der Waals surface area (Å²) in [6.45, 7) is 3.82. The number of nitrogens with one attached hydrogen (secondary N) is 3. The monoisotopic (exact) mass is 395 g/mol. The second-order valence-corrected chi connectivity index (χ2v) is 6.89. The predicted octanol–water partition coefficient (Wildman–Crippen LogP) is 3.36. The van der Waals surface area contributed by atoms with E-state index in [9.17, 15) is 9.59 Å². The Morgan fingerprint density at radius 2 is 1.86 bits per heavy atom. The standard InChI is InChI=1S/C22H25N3O4/c1-14(2)29-19-10-8-15(12-20(19)28-3)22(27)25-24-21(26)11-9-16-13-23-18-7-5-4-6-17(16)18/h4-8,10,12-14,23H,9,11H2,1-3H3,(H,24,26)(H,25,27). The molecule has 3 rings (SSSR count). The van der Waals surface area contributed by atoms with E-state index < -0.39 is 5.91 Å². The van der Waals surface area contributed by atoms with Gasteiger partial charge in [-0.2, -0.15) is 0 Å². The summed E-state index contributed by atoms with van der Waals surface area (Å²) < 4.78 is 10.9. The largest absolute Gasteiger partial charge is 0.493 e. The number of ether oxygens (including phenoxy) is 2. The molecule has 7 heteroatoms. The van der Waals surface area contributed by atoms with Gasteiger partial charge in [-0.3, -0.25) is 20.4 Å². The Labute approximate surface area is 169 Å². The number of rotatable bonds is 7. The van der Waals surface area contributed by atoms with Crippen molar-refractivity contribution < 1.29 is 19.1 Å². The van der Waals surface area contributed by atoms with Crippen LogP contribution in [0.15, 0.2) is 48.7 Å². The number of aromatic amines is 1. The van der Waals surface area contributed by atoms with Gasteiger partial charge in [0.1, 0.15) is 0 Å². The number of methoxy groups -OCH3 is 1. The van der Waals surface area contributed by atoms with Gasteiger partial charge in [-0.1, -0.05) is 18.2 Å². The smallest absolute Gasteiger partial charge is 0.269 e. The molecular weight excluding hydrogens is 370 g/mol. The van der Waals surface area contributed by atoms with Crippen molar-refractivity contribution in [3.8, 4) is 11.5 Å². The van der Waals surface area contributed by atoms with Crippen LogP contribution in [0.4, 0.5) is 0 Å². The molecule has 1 heterocycles. The zero-order chi connectivity index (χ0) is 20.8. The van der Waals surface area contributed by atoms with Crippen molar-refractivity contribution in [2.45, 2.75) is 32.8 Å². The maximum Gasteiger partial charge on any atom is 0.269 e. The number of carbonyl (C=O) groups is 2. The molecule has 0 saturated heterocycles. The first kappa shape index (κ1) is 20.3. The maximum atomic E-state index is 12.3. The lowest BCUT2D eigenvalue weighted by Crippen LogP contribution is -2.41. The van der Waals surface area contributed by atoms with E-state index in [4.69, 9.17) is 9.47 Å². The molecule has 3 N–H and O–H groups in total. The van der Waals surface area contributed by atoms with Crippen LogP contribution in [0, 0.1) is 0 Å². The highest BCUT2D eigenvalue weighted by atomic mass is 16.5. The number of hydrogen-bond acceptors (Lipinski definition) is 4. The number of hydrazine groups is 1. The zero-order valence-electron chi connectivity index (χ0n) is 16.7. The van der Waals surface area contributed by atoms with Gasteiger partial charge in [0.05, 0.1) is 13.2 Å². The van der Waals surface area contributed by atoms with Gasteiger partial charge in [0.15, 0.2) is 11.5 Å². The normalized spacial score (nSPS) is 10.8. The van der Waals surface area contributed by atoms with Crippen molar-refractivity contribution in [3.05, 3.63) is 59.8 Å².